The molecule has 0 unspecified atom stereocenters. The van der Waals surface area contributed by atoms with Gasteiger partial charge in [0, 0.05) is 17.3 Å². The van der Waals surface area contributed by atoms with Gasteiger partial charge in [0.25, 0.3) is 0 Å². The van der Waals surface area contributed by atoms with Gasteiger partial charge in [-0.1, -0.05) is 60.7 Å². The van der Waals surface area contributed by atoms with Crippen molar-refractivity contribution in [3.8, 4) is 0 Å². The second kappa shape index (κ2) is 7.17. The van der Waals surface area contributed by atoms with Crippen molar-refractivity contribution in [3.63, 3.8) is 0 Å². The van der Waals surface area contributed by atoms with Crippen molar-refractivity contribution in [2.45, 2.75) is 0 Å². The number of rotatable bonds is 3. The van der Waals surface area contributed by atoms with Gasteiger partial charge in [0.2, 0.25) is 0 Å². The summed E-state index contributed by atoms with van der Waals surface area (Å²) in [7, 11) is 0. The Morgan fingerprint density at radius 1 is 0.889 bits per heavy atom. The molecule has 3 heteroatoms. The third-order valence-electron chi connectivity index (χ3n) is 2.45. The van der Waals surface area contributed by atoms with Crippen LogP contribution in [-0.4, -0.2) is 5.78 Å². The number of nitrogens with two attached hydrogens (primary N) is 1. The molecule has 0 spiro atoms. The molecule has 2 rings (SSSR count). The van der Waals surface area contributed by atoms with Gasteiger partial charge in [0.05, 0.1) is 0 Å². The normalized spacial score (nSPS) is 10.6. The van der Waals surface area contributed by atoms with Gasteiger partial charge in [0.15, 0.2) is 5.78 Å². The Balaban J connectivity index is 0.00000162. The molecule has 0 saturated heterocycles. The summed E-state index contributed by atoms with van der Waals surface area (Å²) in [6.45, 7) is 0. The number of hydrogen-bond acceptors (Lipinski definition) is 2. The summed E-state index contributed by atoms with van der Waals surface area (Å²) in [5.74, 6) is -0.0769. The molecule has 0 aromatic heterocycles. The first kappa shape index (κ1) is 14.7. The number of carbonyl (C=O) groups excluding carboxylic acids is 1. The van der Waals surface area contributed by atoms with Crippen LogP contribution in [-0.2, 0) is 0 Å². The molecule has 0 bridgehead atoms. The van der Waals surface area contributed by atoms with Crippen molar-refractivity contribution in [1.82, 2.24) is 0 Å². The summed E-state index contributed by atoms with van der Waals surface area (Å²) < 4.78 is 0. The van der Waals surface area contributed by atoms with Gasteiger partial charge < -0.3 is 7.16 Å². The van der Waals surface area contributed by atoms with Gasteiger partial charge >= 0.3 is 29.6 Å². The number of allylic oxidation sites excluding steroid dienone is 1. The fourth-order valence-corrected chi connectivity index (χ4v) is 1.54. The third kappa shape index (κ3) is 3.84. The summed E-state index contributed by atoms with van der Waals surface area (Å²) in [5, 5.41) is 0. The van der Waals surface area contributed by atoms with E-state index in [0.717, 1.165) is 5.56 Å². The van der Waals surface area contributed by atoms with Crippen LogP contribution >= 0.6 is 0 Å². The molecule has 2 aromatic carbocycles. The van der Waals surface area contributed by atoms with Crippen LogP contribution in [0.15, 0.2) is 66.7 Å². The SMILES string of the molecule is N/C(=C/C(=O)c1ccccc1)c1ccccc1.[H-].[Na+]. The molecule has 0 amide bonds. The van der Waals surface area contributed by atoms with Gasteiger partial charge in [0.1, 0.15) is 0 Å². The molecule has 2 nitrogen and oxygen atoms in total. The van der Waals surface area contributed by atoms with Gasteiger partial charge in [-0.2, -0.15) is 0 Å². The summed E-state index contributed by atoms with van der Waals surface area (Å²) in [6.07, 6.45) is 1.46. The van der Waals surface area contributed by atoms with Crippen molar-refractivity contribution < 1.29 is 35.8 Å². The summed E-state index contributed by atoms with van der Waals surface area (Å²) in [5.41, 5.74) is 7.86. The minimum absolute atomic E-state index is 0. The molecule has 86 valence electrons. The first-order chi connectivity index (χ1) is 8.27. The average Bonchev–Trinajstić information content (AvgIpc) is 2.40. The molecule has 0 radical (unpaired) electrons. The van der Waals surface area contributed by atoms with Crippen LogP contribution in [0.2, 0.25) is 0 Å². The number of ketones is 1. The molecule has 0 aliphatic carbocycles. The first-order valence-electron chi connectivity index (χ1n) is 5.39. The van der Waals surface area contributed by atoms with Gasteiger partial charge in [-0.25, -0.2) is 0 Å². The van der Waals surface area contributed by atoms with E-state index in [1.54, 1.807) is 12.1 Å². The Morgan fingerprint density at radius 2 is 1.33 bits per heavy atom. The van der Waals surface area contributed by atoms with E-state index >= 15 is 0 Å². The van der Waals surface area contributed by atoms with E-state index in [9.17, 15) is 4.79 Å². The quantitative estimate of drug-likeness (QED) is 0.471. The zero-order valence-corrected chi connectivity index (χ0v) is 12.3. The molecule has 0 aliphatic rings. The first-order valence-corrected chi connectivity index (χ1v) is 5.39. The Kier molecular flexibility index (Phi) is 5.86. The summed E-state index contributed by atoms with van der Waals surface area (Å²) in [4.78, 5) is 11.9. The zero-order valence-electron chi connectivity index (χ0n) is 11.3. The monoisotopic (exact) mass is 247 g/mol. The molecule has 0 saturated carbocycles. The second-order valence-corrected chi connectivity index (χ2v) is 3.70. The van der Waals surface area contributed by atoms with Crippen molar-refractivity contribution in [2.75, 3.05) is 0 Å². The minimum Gasteiger partial charge on any atom is -1.00 e. The fourth-order valence-electron chi connectivity index (χ4n) is 1.54. The molecule has 2 N–H and O–H groups in total. The maximum Gasteiger partial charge on any atom is 1.00 e. The topological polar surface area (TPSA) is 43.1 Å². The Bertz CT molecular complexity index is 541. The minimum atomic E-state index is -0.0769. The summed E-state index contributed by atoms with van der Waals surface area (Å²) >= 11 is 0. The number of hydrogen-bond donors (Lipinski definition) is 1. The van der Waals surface area contributed by atoms with E-state index < -0.39 is 0 Å². The van der Waals surface area contributed by atoms with Crippen LogP contribution in [0.3, 0.4) is 0 Å². The molecule has 0 aliphatic heterocycles. The van der Waals surface area contributed by atoms with Crippen LogP contribution in [0.5, 0.6) is 0 Å². The van der Waals surface area contributed by atoms with E-state index in [2.05, 4.69) is 0 Å². The molecular weight excluding hydrogens is 233 g/mol. The van der Waals surface area contributed by atoms with E-state index in [1.165, 1.54) is 6.08 Å². The summed E-state index contributed by atoms with van der Waals surface area (Å²) in [6, 6.07) is 18.5. The average molecular weight is 247 g/mol. The predicted octanol–water partition coefficient (Wildman–Crippen LogP) is -0.0144. The van der Waals surface area contributed by atoms with E-state index in [4.69, 9.17) is 5.73 Å². The number of benzene rings is 2. The number of carbonyl (C=O) groups is 1. The molecular formula is C15H14NNaO. The Labute approximate surface area is 130 Å². The van der Waals surface area contributed by atoms with Crippen molar-refractivity contribution in [1.29, 1.82) is 0 Å². The Hall–Kier alpha value is -1.35. The standard InChI is InChI=1S/C15H13NO.Na.H/c16-14(12-7-3-1-4-8-12)11-15(17)13-9-5-2-6-10-13;;/h1-11H,16H2;;/q;+1;-1/b14-11+;;. The van der Waals surface area contributed by atoms with Gasteiger partial charge in [-0.3, -0.25) is 4.79 Å². The van der Waals surface area contributed by atoms with Crippen LogP contribution < -0.4 is 35.3 Å². The van der Waals surface area contributed by atoms with Crippen molar-refractivity contribution in [2.24, 2.45) is 5.73 Å². The molecule has 2 aromatic rings. The smallest absolute Gasteiger partial charge is 1.00 e. The van der Waals surface area contributed by atoms with Crippen LogP contribution in [0, 0.1) is 0 Å². The van der Waals surface area contributed by atoms with E-state index in [-0.39, 0.29) is 36.8 Å². The zero-order chi connectivity index (χ0) is 12.1. The maximum atomic E-state index is 11.9. The molecule has 0 heterocycles. The largest absolute Gasteiger partial charge is 1.00 e. The predicted molar refractivity (Wildman–Crippen MR) is 70.5 cm³/mol. The fraction of sp³-hybridized carbons (Fsp3) is 0. The van der Waals surface area contributed by atoms with Crippen LogP contribution in [0.4, 0.5) is 0 Å². The van der Waals surface area contributed by atoms with Crippen LogP contribution in [0.25, 0.3) is 5.70 Å². The molecule has 18 heavy (non-hydrogen) atoms. The third-order valence-corrected chi connectivity index (χ3v) is 2.45. The van der Waals surface area contributed by atoms with E-state index in [1.807, 2.05) is 48.5 Å². The van der Waals surface area contributed by atoms with Gasteiger partial charge in [-0.15, -0.1) is 0 Å². The van der Waals surface area contributed by atoms with Crippen molar-refractivity contribution in [3.05, 3.63) is 77.9 Å². The van der Waals surface area contributed by atoms with Crippen LogP contribution in [0.1, 0.15) is 17.3 Å². The van der Waals surface area contributed by atoms with Gasteiger partial charge in [-0.05, 0) is 5.56 Å². The molecule has 0 fully saturated rings. The van der Waals surface area contributed by atoms with E-state index in [0.29, 0.717) is 11.3 Å². The Morgan fingerprint density at radius 3 is 1.83 bits per heavy atom. The molecule has 0 atom stereocenters. The second-order valence-electron chi connectivity index (χ2n) is 3.70. The van der Waals surface area contributed by atoms with Crippen molar-refractivity contribution >= 4 is 11.5 Å². The maximum absolute atomic E-state index is 11.9.